The van der Waals surface area contributed by atoms with E-state index >= 15 is 0 Å². The number of thiophene rings is 1. The molecular formula is C18H25N3O2S2. The van der Waals surface area contributed by atoms with Gasteiger partial charge in [0.2, 0.25) is 5.91 Å². The van der Waals surface area contributed by atoms with E-state index in [1.807, 2.05) is 0 Å². The third-order valence-corrected chi connectivity index (χ3v) is 7.00. The van der Waals surface area contributed by atoms with E-state index in [2.05, 4.69) is 6.92 Å². The number of aryl methyl sites for hydroxylation is 2. The second-order valence-electron chi connectivity index (χ2n) is 6.61. The lowest BCUT2D eigenvalue weighted by Gasteiger charge is -2.15. The lowest BCUT2D eigenvalue weighted by atomic mass is 9.97. The molecule has 0 radical (unpaired) electrons. The molecule has 25 heavy (non-hydrogen) atoms. The van der Waals surface area contributed by atoms with Gasteiger partial charge in [-0.25, -0.2) is 4.98 Å². The van der Waals surface area contributed by atoms with Crippen LogP contribution < -0.4 is 11.3 Å². The van der Waals surface area contributed by atoms with E-state index in [0.29, 0.717) is 11.7 Å². The first-order chi connectivity index (χ1) is 12.0. The molecule has 1 aliphatic carbocycles. The maximum absolute atomic E-state index is 13.2. The number of amides is 1. The first kappa shape index (κ1) is 18.5. The molecule has 5 nitrogen and oxygen atoms in total. The van der Waals surface area contributed by atoms with Gasteiger partial charge in [0.1, 0.15) is 4.83 Å². The SMILES string of the molecule is CCCCCn1c(SC(C)C(N)=O)nc2sc3c(c2c1=O)CCCC3. The van der Waals surface area contributed by atoms with E-state index < -0.39 is 5.25 Å². The number of nitrogens with zero attached hydrogens (tertiary/aromatic N) is 2. The average Bonchev–Trinajstić information content (AvgIpc) is 2.95. The van der Waals surface area contributed by atoms with Crippen LogP contribution in [-0.4, -0.2) is 20.7 Å². The molecule has 7 heteroatoms. The van der Waals surface area contributed by atoms with E-state index in [1.165, 1.54) is 28.6 Å². The minimum atomic E-state index is -0.406. The first-order valence-corrected chi connectivity index (χ1v) is 10.7. The van der Waals surface area contributed by atoms with Crippen molar-refractivity contribution >= 4 is 39.2 Å². The Kier molecular flexibility index (Phi) is 5.84. The zero-order chi connectivity index (χ0) is 18.0. The van der Waals surface area contributed by atoms with Crippen molar-refractivity contribution in [1.82, 2.24) is 9.55 Å². The molecule has 0 saturated heterocycles. The molecular weight excluding hydrogens is 354 g/mol. The van der Waals surface area contributed by atoms with Gasteiger partial charge in [-0.05, 0) is 44.6 Å². The minimum absolute atomic E-state index is 0.0553. The van der Waals surface area contributed by atoms with Crippen LogP contribution in [0.1, 0.15) is 56.4 Å². The number of rotatable bonds is 7. The highest BCUT2D eigenvalue weighted by molar-refractivity contribution is 8.00. The maximum atomic E-state index is 13.2. The number of nitrogens with two attached hydrogens (primary N) is 1. The van der Waals surface area contributed by atoms with Crippen LogP contribution in [0, 0.1) is 0 Å². The number of aromatic nitrogens is 2. The summed E-state index contributed by atoms with van der Waals surface area (Å²) in [5.74, 6) is -0.384. The van der Waals surface area contributed by atoms with Crippen LogP contribution >= 0.6 is 23.1 Å². The first-order valence-electron chi connectivity index (χ1n) is 9.04. The number of hydrogen-bond acceptors (Lipinski definition) is 5. The molecule has 0 aromatic carbocycles. The Bertz CT molecular complexity index is 841. The highest BCUT2D eigenvalue weighted by Gasteiger charge is 2.23. The second kappa shape index (κ2) is 7.91. The lowest BCUT2D eigenvalue weighted by molar-refractivity contribution is -0.117. The van der Waals surface area contributed by atoms with Crippen LogP contribution in [0.2, 0.25) is 0 Å². The molecule has 2 aromatic rings. The van der Waals surface area contributed by atoms with Gasteiger partial charge in [-0.15, -0.1) is 11.3 Å². The summed E-state index contributed by atoms with van der Waals surface area (Å²) in [5.41, 5.74) is 6.68. The molecule has 1 atom stereocenters. The largest absolute Gasteiger partial charge is 0.369 e. The Morgan fingerprint density at radius 3 is 2.84 bits per heavy atom. The van der Waals surface area contributed by atoms with Gasteiger partial charge in [-0.1, -0.05) is 31.5 Å². The summed E-state index contributed by atoms with van der Waals surface area (Å²) in [6, 6.07) is 0. The number of hydrogen-bond donors (Lipinski definition) is 1. The van der Waals surface area contributed by atoms with Crippen LogP contribution in [0.3, 0.4) is 0 Å². The zero-order valence-electron chi connectivity index (χ0n) is 14.8. The Morgan fingerprint density at radius 2 is 2.12 bits per heavy atom. The van der Waals surface area contributed by atoms with Crippen molar-refractivity contribution in [3.8, 4) is 0 Å². The molecule has 0 saturated carbocycles. The van der Waals surface area contributed by atoms with E-state index in [9.17, 15) is 9.59 Å². The predicted molar refractivity (Wildman–Crippen MR) is 105 cm³/mol. The fourth-order valence-electron chi connectivity index (χ4n) is 3.24. The van der Waals surface area contributed by atoms with Gasteiger partial charge < -0.3 is 5.73 Å². The molecule has 1 unspecified atom stereocenters. The van der Waals surface area contributed by atoms with Crippen LogP contribution in [0.25, 0.3) is 10.2 Å². The van der Waals surface area contributed by atoms with Gasteiger partial charge in [0, 0.05) is 11.4 Å². The van der Waals surface area contributed by atoms with E-state index in [-0.39, 0.29) is 11.5 Å². The monoisotopic (exact) mass is 379 g/mol. The Morgan fingerprint density at radius 1 is 1.36 bits per heavy atom. The molecule has 2 heterocycles. The Hall–Kier alpha value is -1.34. The smallest absolute Gasteiger partial charge is 0.263 e. The van der Waals surface area contributed by atoms with E-state index in [1.54, 1.807) is 22.8 Å². The summed E-state index contributed by atoms with van der Waals surface area (Å²) in [4.78, 5) is 31.6. The van der Waals surface area contributed by atoms with Crippen LogP contribution in [0.15, 0.2) is 9.95 Å². The molecule has 2 aromatic heterocycles. The normalized spacial score (nSPS) is 15.3. The number of thioether (sulfide) groups is 1. The molecule has 0 bridgehead atoms. The third-order valence-electron chi connectivity index (χ3n) is 4.71. The van der Waals surface area contributed by atoms with Crippen molar-refractivity contribution in [2.24, 2.45) is 5.73 Å². The van der Waals surface area contributed by atoms with Gasteiger partial charge in [0.25, 0.3) is 5.56 Å². The molecule has 0 aliphatic heterocycles. The Balaban J connectivity index is 2.10. The van der Waals surface area contributed by atoms with Crippen LogP contribution in [-0.2, 0) is 24.2 Å². The molecule has 0 spiro atoms. The highest BCUT2D eigenvalue weighted by atomic mass is 32.2. The summed E-state index contributed by atoms with van der Waals surface area (Å²) in [6.07, 6.45) is 7.46. The standard InChI is InChI=1S/C18H25N3O2S2/c1-3-4-7-10-21-17(23)14-12-8-5-6-9-13(12)25-16(14)20-18(21)24-11(2)15(19)22/h11H,3-10H2,1-2H3,(H2,19,22). The van der Waals surface area contributed by atoms with Crippen molar-refractivity contribution in [2.75, 3.05) is 0 Å². The predicted octanol–water partition coefficient (Wildman–Crippen LogP) is 3.49. The summed E-state index contributed by atoms with van der Waals surface area (Å²) in [7, 11) is 0. The van der Waals surface area contributed by atoms with Crippen molar-refractivity contribution in [3.05, 3.63) is 20.8 Å². The van der Waals surface area contributed by atoms with Crippen LogP contribution in [0.5, 0.6) is 0 Å². The lowest BCUT2D eigenvalue weighted by Crippen LogP contribution is -2.27. The highest BCUT2D eigenvalue weighted by Crippen LogP contribution is 2.35. The summed E-state index contributed by atoms with van der Waals surface area (Å²) in [6.45, 7) is 4.55. The zero-order valence-corrected chi connectivity index (χ0v) is 16.5. The number of carbonyl (C=O) groups excluding carboxylic acids is 1. The minimum Gasteiger partial charge on any atom is -0.369 e. The summed E-state index contributed by atoms with van der Waals surface area (Å²) < 4.78 is 1.77. The molecule has 0 fully saturated rings. The number of fused-ring (bicyclic) bond motifs is 3. The third kappa shape index (κ3) is 3.77. The fraction of sp³-hybridized carbons (Fsp3) is 0.611. The van der Waals surface area contributed by atoms with E-state index in [4.69, 9.17) is 10.7 Å². The number of carbonyl (C=O) groups is 1. The topological polar surface area (TPSA) is 78.0 Å². The van der Waals surface area contributed by atoms with Gasteiger partial charge in [-0.3, -0.25) is 14.2 Å². The van der Waals surface area contributed by atoms with Crippen molar-refractivity contribution in [3.63, 3.8) is 0 Å². The van der Waals surface area contributed by atoms with Gasteiger partial charge >= 0.3 is 0 Å². The molecule has 1 aliphatic rings. The summed E-state index contributed by atoms with van der Waals surface area (Å²) in [5, 5.41) is 1.03. The fourth-order valence-corrected chi connectivity index (χ4v) is 5.43. The number of primary amides is 1. The Labute approximate surface area is 156 Å². The van der Waals surface area contributed by atoms with Gasteiger partial charge in [0.15, 0.2) is 5.16 Å². The molecule has 2 N–H and O–H groups in total. The summed E-state index contributed by atoms with van der Waals surface area (Å²) >= 11 is 2.94. The van der Waals surface area contributed by atoms with Crippen molar-refractivity contribution in [1.29, 1.82) is 0 Å². The van der Waals surface area contributed by atoms with Crippen LogP contribution in [0.4, 0.5) is 0 Å². The maximum Gasteiger partial charge on any atom is 0.263 e. The molecule has 1 amide bonds. The van der Waals surface area contributed by atoms with Gasteiger partial charge in [0.05, 0.1) is 10.6 Å². The molecule has 136 valence electrons. The van der Waals surface area contributed by atoms with Gasteiger partial charge in [-0.2, -0.15) is 0 Å². The van der Waals surface area contributed by atoms with Crippen molar-refractivity contribution in [2.45, 2.75) is 75.7 Å². The number of unbranched alkanes of at least 4 members (excludes halogenated alkanes) is 2. The average molecular weight is 380 g/mol. The van der Waals surface area contributed by atoms with Crippen molar-refractivity contribution < 1.29 is 4.79 Å². The van der Waals surface area contributed by atoms with E-state index in [0.717, 1.165) is 48.7 Å². The molecule has 3 rings (SSSR count). The quantitative estimate of drug-likeness (QED) is 0.454. The second-order valence-corrected chi connectivity index (χ2v) is 9.00.